The number of hydrogen-bond donors (Lipinski definition) is 2. The predicted molar refractivity (Wildman–Crippen MR) is 133 cm³/mol. The zero-order chi connectivity index (χ0) is 22.8. The van der Waals surface area contributed by atoms with E-state index in [0.29, 0.717) is 19.5 Å². The monoisotopic (exact) mass is 500 g/mol. The SMILES string of the molecule is CCCN(CCC(=O)NC1CCN(Cc2ccccc2)CC1)C(=O)Nc1ccc(Br)cc1. The van der Waals surface area contributed by atoms with Crippen molar-refractivity contribution in [3.63, 3.8) is 0 Å². The second-order valence-corrected chi connectivity index (χ2v) is 9.19. The smallest absolute Gasteiger partial charge is 0.321 e. The molecule has 1 aliphatic heterocycles. The molecule has 2 aromatic rings. The maximum Gasteiger partial charge on any atom is 0.321 e. The van der Waals surface area contributed by atoms with Gasteiger partial charge in [-0.1, -0.05) is 53.2 Å². The summed E-state index contributed by atoms with van der Waals surface area (Å²) < 4.78 is 0.962. The van der Waals surface area contributed by atoms with Crippen molar-refractivity contribution in [2.24, 2.45) is 0 Å². The van der Waals surface area contributed by atoms with E-state index in [-0.39, 0.29) is 18.0 Å². The van der Waals surface area contributed by atoms with E-state index >= 15 is 0 Å². The fraction of sp³-hybridized carbons (Fsp3) is 0.440. The molecule has 3 amide bonds. The molecule has 0 unspecified atom stereocenters. The quantitative estimate of drug-likeness (QED) is 0.516. The molecule has 0 bridgehead atoms. The van der Waals surface area contributed by atoms with Gasteiger partial charge < -0.3 is 15.5 Å². The van der Waals surface area contributed by atoms with Crippen LogP contribution in [0.4, 0.5) is 10.5 Å². The largest absolute Gasteiger partial charge is 0.353 e. The van der Waals surface area contributed by atoms with E-state index in [1.54, 1.807) is 4.90 Å². The van der Waals surface area contributed by atoms with Gasteiger partial charge in [0.2, 0.25) is 5.91 Å². The maximum atomic E-state index is 12.6. The van der Waals surface area contributed by atoms with Crippen LogP contribution in [0.5, 0.6) is 0 Å². The van der Waals surface area contributed by atoms with Crippen LogP contribution < -0.4 is 10.6 Å². The first kappa shape index (κ1) is 24.3. The number of nitrogens with one attached hydrogen (secondary N) is 2. The van der Waals surface area contributed by atoms with E-state index in [1.807, 2.05) is 37.3 Å². The summed E-state index contributed by atoms with van der Waals surface area (Å²) in [5.74, 6) is 0.0176. The van der Waals surface area contributed by atoms with E-state index in [9.17, 15) is 9.59 Å². The van der Waals surface area contributed by atoms with E-state index in [4.69, 9.17) is 0 Å². The minimum absolute atomic E-state index is 0.0176. The van der Waals surface area contributed by atoms with Crippen LogP contribution in [0, 0.1) is 0 Å². The number of piperidine rings is 1. The predicted octanol–water partition coefficient (Wildman–Crippen LogP) is 4.86. The number of urea groups is 1. The van der Waals surface area contributed by atoms with Crippen LogP contribution in [0.2, 0.25) is 0 Å². The van der Waals surface area contributed by atoms with Crippen molar-refractivity contribution in [1.29, 1.82) is 0 Å². The van der Waals surface area contributed by atoms with E-state index in [0.717, 1.165) is 49.1 Å². The van der Waals surface area contributed by atoms with Crippen LogP contribution in [-0.2, 0) is 11.3 Å². The van der Waals surface area contributed by atoms with Crippen LogP contribution in [-0.4, -0.2) is 54.0 Å². The van der Waals surface area contributed by atoms with Gasteiger partial charge in [0.15, 0.2) is 0 Å². The van der Waals surface area contributed by atoms with Crippen LogP contribution in [0.15, 0.2) is 59.1 Å². The van der Waals surface area contributed by atoms with Crippen molar-refractivity contribution in [3.8, 4) is 0 Å². The van der Waals surface area contributed by atoms with Gasteiger partial charge in [-0.3, -0.25) is 9.69 Å². The Hall–Kier alpha value is -2.38. The average Bonchev–Trinajstić information content (AvgIpc) is 2.80. The number of hydrogen-bond acceptors (Lipinski definition) is 3. The van der Waals surface area contributed by atoms with Gasteiger partial charge in [0.1, 0.15) is 0 Å². The third-order valence-corrected chi connectivity index (χ3v) is 6.22. The van der Waals surface area contributed by atoms with Gasteiger partial charge in [0.05, 0.1) is 0 Å². The number of benzene rings is 2. The average molecular weight is 501 g/mol. The topological polar surface area (TPSA) is 64.7 Å². The molecule has 0 aromatic heterocycles. The van der Waals surface area contributed by atoms with E-state index in [2.05, 4.69) is 55.7 Å². The molecule has 0 aliphatic carbocycles. The lowest BCUT2D eigenvalue weighted by Gasteiger charge is -2.32. The van der Waals surface area contributed by atoms with Crippen molar-refractivity contribution < 1.29 is 9.59 Å². The van der Waals surface area contributed by atoms with E-state index < -0.39 is 0 Å². The Balaban J connectivity index is 1.39. The molecule has 0 spiro atoms. The minimum atomic E-state index is -0.170. The molecule has 1 aliphatic rings. The highest BCUT2D eigenvalue weighted by Crippen LogP contribution is 2.16. The number of amides is 3. The second kappa shape index (κ2) is 12.6. The number of likely N-dealkylation sites (tertiary alicyclic amines) is 1. The maximum absolute atomic E-state index is 12.6. The number of anilines is 1. The van der Waals surface area contributed by atoms with Gasteiger partial charge >= 0.3 is 6.03 Å². The summed E-state index contributed by atoms with van der Waals surface area (Å²) in [5.41, 5.74) is 2.07. The Bertz CT molecular complexity index is 852. The Labute approximate surface area is 199 Å². The van der Waals surface area contributed by atoms with Crippen LogP contribution in [0.3, 0.4) is 0 Å². The van der Waals surface area contributed by atoms with Crippen LogP contribution in [0.1, 0.15) is 38.2 Å². The molecule has 2 aromatic carbocycles. The third kappa shape index (κ3) is 7.95. The first-order valence-corrected chi connectivity index (χ1v) is 12.2. The highest BCUT2D eigenvalue weighted by molar-refractivity contribution is 9.10. The summed E-state index contributed by atoms with van der Waals surface area (Å²) in [6.45, 7) is 5.99. The molecule has 0 atom stereocenters. The number of rotatable bonds is 9. The van der Waals surface area contributed by atoms with Gasteiger partial charge in [-0.05, 0) is 49.1 Å². The summed E-state index contributed by atoms with van der Waals surface area (Å²) in [6.07, 6.45) is 3.08. The number of carbonyl (C=O) groups excluding carboxylic acids is 2. The molecule has 3 rings (SSSR count). The van der Waals surface area contributed by atoms with Crippen molar-refractivity contribution in [2.45, 2.75) is 45.2 Å². The summed E-state index contributed by atoms with van der Waals surface area (Å²) in [4.78, 5) is 29.3. The Morgan fingerprint density at radius 2 is 1.72 bits per heavy atom. The lowest BCUT2D eigenvalue weighted by molar-refractivity contribution is -0.122. The molecule has 7 heteroatoms. The molecule has 6 nitrogen and oxygen atoms in total. The summed E-state index contributed by atoms with van der Waals surface area (Å²) >= 11 is 3.39. The Kier molecular flexibility index (Phi) is 9.56. The molecular formula is C25H33BrN4O2. The molecule has 2 N–H and O–H groups in total. The molecule has 1 heterocycles. The first-order chi connectivity index (χ1) is 15.5. The molecule has 32 heavy (non-hydrogen) atoms. The standard InChI is InChI=1S/C25H33BrN4O2/c1-2-15-30(25(32)28-22-10-8-21(26)9-11-22)18-14-24(31)27-23-12-16-29(17-13-23)19-20-6-4-3-5-7-20/h3-11,23H,2,12-19H2,1H3,(H,27,31)(H,28,32). The van der Waals surface area contributed by atoms with Gasteiger partial charge in [0.25, 0.3) is 0 Å². The van der Waals surface area contributed by atoms with Crippen molar-refractivity contribution >= 4 is 33.6 Å². The summed E-state index contributed by atoms with van der Waals surface area (Å²) in [5, 5.41) is 6.08. The molecule has 0 radical (unpaired) electrons. The van der Waals surface area contributed by atoms with Crippen LogP contribution >= 0.6 is 15.9 Å². The summed E-state index contributed by atoms with van der Waals surface area (Å²) in [7, 11) is 0. The lowest BCUT2D eigenvalue weighted by atomic mass is 10.0. The van der Waals surface area contributed by atoms with Gasteiger partial charge in [-0.2, -0.15) is 0 Å². The highest BCUT2D eigenvalue weighted by atomic mass is 79.9. The zero-order valence-corrected chi connectivity index (χ0v) is 20.3. The zero-order valence-electron chi connectivity index (χ0n) is 18.7. The fourth-order valence-corrected chi connectivity index (χ4v) is 4.20. The molecule has 172 valence electrons. The highest BCUT2D eigenvalue weighted by Gasteiger charge is 2.21. The lowest BCUT2D eigenvalue weighted by Crippen LogP contribution is -2.45. The van der Waals surface area contributed by atoms with Crippen molar-refractivity contribution in [2.75, 3.05) is 31.5 Å². The van der Waals surface area contributed by atoms with Gasteiger partial charge in [-0.15, -0.1) is 0 Å². The van der Waals surface area contributed by atoms with Crippen LogP contribution in [0.25, 0.3) is 0 Å². The Morgan fingerprint density at radius 3 is 2.38 bits per heavy atom. The fourth-order valence-electron chi connectivity index (χ4n) is 3.93. The molecule has 1 fully saturated rings. The minimum Gasteiger partial charge on any atom is -0.353 e. The number of nitrogens with zero attached hydrogens (tertiary/aromatic N) is 2. The third-order valence-electron chi connectivity index (χ3n) is 5.69. The molecule has 0 saturated carbocycles. The molecule has 1 saturated heterocycles. The normalized spacial score (nSPS) is 14.7. The number of carbonyl (C=O) groups is 2. The number of halogens is 1. The second-order valence-electron chi connectivity index (χ2n) is 8.28. The van der Waals surface area contributed by atoms with Gasteiger partial charge in [-0.25, -0.2) is 4.79 Å². The Morgan fingerprint density at radius 1 is 1.03 bits per heavy atom. The van der Waals surface area contributed by atoms with Gasteiger partial charge in [0, 0.05) is 55.3 Å². The summed E-state index contributed by atoms with van der Waals surface area (Å²) in [6, 6.07) is 18.0. The van der Waals surface area contributed by atoms with E-state index in [1.165, 1.54) is 5.56 Å². The van der Waals surface area contributed by atoms with Crippen molar-refractivity contribution in [3.05, 3.63) is 64.6 Å². The first-order valence-electron chi connectivity index (χ1n) is 11.4. The molecular weight excluding hydrogens is 468 g/mol. The van der Waals surface area contributed by atoms with Crippen molar-refractivity contribution in [1.82, 2.24) is 15.1 Å².